The van der Waals surface area contributed by atoms with Gasteiger partial charge in [-0.2, -0.15) is 5.26 Å². The van der Waals surface area contributed by atoms with Crippen LogP contribution >= 0.6 is 0 Å². The molecule has 0 saturated carbocycles. The predicted molar refractivity (Wildman–Crippen MR) is 125 cm³/mol. The Kier molecular flexibility index (Phi) is 5.88. The largest absolute Gasteiger partial charge is 0.497 e. The van der Waals surface area contributed by atoms with E-state index in [1.54, 1.807) is 19.2 Å². The van der Waals surface area contributed by atoms with Gasteiger partial charge in [0.25, 0.3) is 0 Å². The topological polar surface area (TPSA) is 106 Å². The van der Waals surface area contributed by atoms with Gasteiger partial charge in [-0.25, -0.2) is 9.78 Å². The van der Waals surface area contributed by atoms with E-state index in [2.05, 4.69) is 26.6 Å². The van der Waals surface area contributed by atoms with Crippen LogP contribution < -0.4 is 15.4 Å². The number of rotatable bonds is 6. The van der Waals surface area contributed by atoms with Gasteiger partial charge in [0.1, 0.15) is 11.6 Å². The summed E-state index contributed by atoms with van der Waals surface area (Å²) in [6, 6.07) is 15.0. The number of nitrogens with one attached hydrogen (secondary N) is 3. The number of nitrogens with zero attached hydrogens (tertiary/aromatic N) is 3. The minimum atomic E-state index is -0.350. The molecule has 3 fully saturated rings. The molecular formula is C25H28N6O2. The molecule has 2 atom stereocenters. The van der Waals surface area contributed by atoms with Crippen molar-refractivity contribution in [3.05, 3.63) is 59.4 Å². The molecule has 3 saturated heterocycles. The molecule has 1 unspecified atom stereocenters. The van der Waals surface area contributed by atoms with E-state index in [9.17, 15) is 10.1 Å². The smallest absolute Gasteiger partial charge is 0.315 e. The predicted octanol–water partition coefficient (Wildman–Crippen LogP) is 3.12. The number of benzene rings is 2. The maximum atomic E-state index is 13.0. The molecule has 2 aromatic carbocycles. The molecule has 2 amide bonds. The minimum Gasteiger partial charge on any atom is -0.497 e. The summed E-state index contributed by atoms with van der Waals surface area (Å²) < 4.78 is 5.27. The second-order valence-corrected chi connectivity index (χ2v) is 8.93. The zero-order valence-corrected chi connectivity index (χ0v) is 18.7. The van der Waals surface area contributed by atoms with E-state index in [1.807, 2.05) is 30.3 Å². The summed E-state index contributed by atoms with van der Waals surface area (Å²) in [5.41, 5.74) is 3.17. The molecule has 0 radical (unpaired) electrons. The van der Waals surface area contributed by atoms with Crippen molar-refractivity contribution in [3.63, 3.8) is 0 Å². The first-order chi connectivity index (χ1) is 16.1. The van der Waals surface area contributed by atoms with Crippen molar-refractivity contribution >= 4 is 17.1 Å². The van der Waals surface area contributed by atoms with Crippen LogP contribution in [0.1, 0.15) is 35.8 Å². The van der Waals surface area contributed by atoms with Gasteiger partial charge in [0.2, 0.25) is 0 Å². The fourth-order valence-corrected chi connectivity index (χ4v) is 4.97. The average Bonchev–Trinajstić information content (AvgIpc) is 3.28. The fourth-order valence-electron chi connectivity index (χ4n) is 4.97. The molecule has 3 aromatic rings. The number of urea groups is 1. The first kappa shape index (κ1) is 21.3. The number of fused-ring (bicyclic) bond motifs is 4. The van der Waals surface area contributed by atoms with Crippen molar-refractivity contribution in [2.24, 2.45) is 5.92 Å². The lowest BCUT2D eigenvalue weighted by atomic mass is 9.84. The number of methoxy groups -OCH3 is 1. The normalized spacial score (nSPS) is 22.5. The Morgan fingerprint density at radius 2 is 2.06 bits per heavy atom. The number of aromatic nitrogens is 2. The molecule has 0 spiro atoms. The number of carbonyl (C=O) groups is 1. The zero-order chi connectivity index (χ0) is 22.8. The molecule has 6 rings (SSSR count). The van der Waals surface area contributed by atoms with E-state index in [0.717, 1.165) is 54.8 Å². The van der Waals surface area contributed by atoms with Crippen molar-refractivity contribution in [2.75, 3.05) is 26.7 Å². The lowest BCUT2D eigenvalue weighted by Gasteiger charge is -2.44. The van der Waals surface area contributed by atoms with Crippen molar-refractivity contribution in [2.45, 2.75) is 31.3 Å². The van der Waals surface area contributed by atoms with E-state index in [1.165, 1.54) is 0 Å². The molecule has 4 heterocycles. The number of H-pyrrole nitrogens is 1. The molecule has 0 aliphatic carbocycles. The summed E-state index contributed by atoms with van der Waals surface area (Å²) in [5.74, 6) is 2.01. The molecular weight excluding hydrogens is 416 g/mol. The zero-order valence-electron chi connectivity index (χ0n) is 18.7. The number of hydrogen-bond acceptors (Lipinski definition) is 5. The van der Waals surface area contributed by atoms with Gasteiger partial charge >= 0.3 is 6.03 Å². The standard InChI is InChI=1S/C25H28N6O2/c1-33-19-5-2-16(3-6-19)12-22(24-27-20-7-4-17(14-26)13-21(20)28-24)29-25(32)30-23-15-31-10-8-18(23)9-11-31/h2-7,13,18,22-23H,8-12,15H2,1H3,(H,27,28)(H2,29,30,32)/t22-,23?/m1/s1. The molecule has 8 heteroatoms. The van der Waals surface area contributed by atoms with Crippen LogP contribution in [-0.4, -0.2) is 53.7 Å². The Bertz CT molecular complexity index is 1170. The van der Waals surface area contributed by atoms with Crippen molar-refractivity contribution in [1.29, 1.82) is 5.26 Å². The summed E-state index contributed by atoms with van der Waals surface area (Å²) in [6.45, 7) is 3.19. The first-order valence-corrected chi connectivity index (χ1v) is 11.4. The third kappa shape index (κ3) is 4.64. The quantitative estimate of drug-likeness (QED) is 0.542. The molecule has 3 aliphatic heterocycles. The summed E-state index contributed by atoms with van der Waals surface area (Å²) in [5, 5.41) is 15.6. The second-order valence-electron chi connectivity index (χ2n) is 8.93. The van der Waals surface area contributed by atoms with Crippen LogP contribution in [0, 0.1) is 17.2 Å². The highest BCUT2D eigenvalue weighted by Crippen LogP contribution is 2.28. The second kappa shape index (κ2) is 9.12. The Morgan fingerprint density at radius 1 is 1.27 bits per heavy atom. The molecule has 3 aliphatic rings. The van der Waals surface area contributed by atoms with E-state index in [4.69, 9.17) is 9.72 Å². The van der Waals surface area contributed by atoms with E-state index >= 15 is 0 Å². The number of piperidine rings is 3. The highest BCUT2D eigenvalue weighted by atomic mass is 16.5. The number of carbonyl (C=O) groups excluding carboxylic acids is 1. The van der Waals surface area contributed by atoms with Crippen molar-refractivity contribution in [3.8, 4) is 11.8 Å². The van der Waals surface area contributed by atoms with E-state index in [0.29, 0.717) is 23.7 Å². The lowest BCUT2D eigenvalue weighted by molar-refractivity contribution is 0.0763. The van der Waals surface area contributed by atoms with Gasteiger partial charge in [-0.15, -0.1) is 0 Å². The molecule has 33 heavy (non-hydrogen) atoms. The number of hydrogen-bond donors (Lipinski definition) is 3. The SMILES string of the molecule is COc1ccc(C[C@@H](NC(=O)NC2CN3CCC2CC3)c2nc3ccc(C#N)cc3[nH]2)cc1. The van der Waals surface area contributed by atoms with Gasteiger partial charge in [0.15, 0.2) is 0 Å². The number of imidazole rings is 1. The van der Waals surface area contributed by atoms with Crippen LogP contribution in [0.2, 0.25) is 0 Å². The van der Waals surface area contributed by atoms with Gasteiger partial charge < -0.3 is 25.3 Å². The van der Waals surface area contributed by atoms with Crippen LogP contribution in [-0.2, 0) is 6.42 Å². The molecule has 2 bridgehead atoms. The lowest BCUT2D eigenvalue weighted by Crippen LogP contribution is -2.58. The monoisotopic (exact) mass is 444 g/mol. The highest BCUT2D eigenvalue weighted by Gasteiger charge is 2.35. The Hall–Kier alpha value is -3.57. The third-order valence-corrected chi connectivity index (χ3v) is 6.84. The Balaban J connectivity index is 1.37. The molecule has 1 aromatic heterocycles. The number of amides is 2. The van der Waals surface area contributed by atoms with Gasteiger partial charge in [0, 0.05) is 12.6 Å². The number of nitriles is 1. The average molecular weight is 445 g/mol. The van der Waals surface area contributed by atoms with E-state index < -0.39 is 0 Å². The van der Waals surface area contributed by atoms with Gasteiger partial charge in [0.05, 0.1) is 35.8 Å². The van der Waals surface area contributed by atoms with Crippen molar-refractivity contribution in [1.82, 2.24) is 25.5 Å². The minimum absolute atomic E-state index is 0.176. The maximum absolute atomic E-state index is 13.0. The third-order valence-electron chi connectivity index (χ3n) is 6.84. The van der Waals surface area contributed by atoms with Gasteiger partial charge in [-0.1, -0.05) is 12.1 Å². The van der Waals surface area contributed by atoms with Crippen LogP contribution in [0.3, 0.4) is 0 Å². The summed E-state index contributed by atoms with van der Waals surface area (Å²) in [4.78, 5) is 23.5. The van der Waals surface area contributed by atoms with Crippen LogP contribution in [0.15, 0.2) is 42.5 Å². The first-order valence-electron chi connectivity index (χ1n) is 11.4. The van der Waals surface area contributed by atoms with Crippen LogP contribution in [0.4, 0.5) is 4.79 Å². The number of ether oxygens (including phenoxy) is 1. The maximum Gasteiger partial charge on any atom is 0.315 e. The molecule has 8 nitrogen and oxygen atoms in total. The fraction of sp³-hybridized carbons (Fsp3) is 0.400. The van der Waals surface area contributed by atoms with Gasteiger partial charge in [-0.05, 0) is 74.2 Å². The summed E-state index contributed by atoms with van der Waals surface area (Å²) in [7, 11) is 1.64. The van der Waals surface area contributed by atoms with Crippen LogP contribution in [0.25, 0.3) is 11.0 Å². The van der Waals surface area contributed by atoms with Crippen LogP contribution in [0.5, 0.6) is 5.75 Å². The van der Waals surface area contributed by atoms with Gasteiger partial charge in [-0.3, -0.25) is 0 Å². The summed E-state index contributed by atoms with van der Waals surface area (Å²) >= 11 is 0. The Morgan fingerprint density at radius 3 is 2.73 bits per heavy atom. The highest BCUT2D eigenvalue weighted by molar-refractivity contribution is 5.78. The number of aromatic amines is 1. The Labute approximate surface area is 192 Å². The molecule has 3 N–H and O–H groups in total. The summed E-state index contributed by atoms with van der Waals surface area (Å²) in [6.07, 6.45) is 2.86. The van der Waals surface area contributed by atoms with E-state index in [-0.39, 0.29) is 18.1 Å². The molecule has 170 valence electrons. The van der Waals surface area contributed by atoms with Crippen molar-refractivity contribution < 1.29 is 9.53 Å².